The molecule has 0 aliphatic heterocycles. The zero-order valence-corrected chi connectivity index (χ0v) is 12.2. The van der Waals surface area contributed by atoms with E-state index in [2.05, 4.69) is 0 Å². The molecule has 4 nitrogen and oxygen atoms in total. The summed E-state index contributed by atoms with van der Waals surface area (Å²) in [5.74, 6) is -2.22. The van der Waals surface area contributed by atoms with Crippen molar-refractivity contribution in [2.75, 3.05) is 13.2 Å². The summed E-state index contributed by atoms with van der Waals surface area (Å²) in [7, 11) is 0. The predicted octanol–water partition coefficient (Wildman–Crippen LogP) is 1.89. The second-order valence-electron chi connectivity index (χ2n) is 5.05. The van der Waals surface area contributed by atoms with Gasteiger partial charge < -0.3 is 15.6 Å². The number of benzene rings is 1. The van der Waals surface area contributed by atoms with E-state index >= 15 is 0 Å². The Kier molecular flexibility index (Phi) is 6.23. The van der Waals surface area contributed by atoms with Crippen molar-refractivity contribution in [2.24, 2.45) is 5.73 Å². The van der Waals surface area contributed by atoms with Crippen LogP contribution in [0.25, 0.3) is 0 Å². The van der Waals surface area contributed by atoms with Gasteiger partial charge in [0.15, 0.2) is 0 Å². The minimum absolute atomic E-state index is 0.126. The highest BCUT2D eigenvalue weighted by Crippen LogP contribution is 2.32. The molecule has 0 aliphatic carbocycles. The van der Waals surface area contributed by atoms with Crippen LogP contribution in [0.4, 0.5) is 8.78 Å². The standard InChI is InChI=1S/C15H21F2NO3/c1-3-21-14(20)15(9-18,5-4-10(2)19)11-6-12(16)8-13(17)7-11/h6-8,10,19H,3-5,9,18H2,1-2H3. The van der Waals surface area contributed by atoms with Crippen molar-refractivity contribution in [3.63, 3.8) is 0 Å². The summed E-state index contributed by atoms with van der Waals surface area (Å²) >= 11 is 0. The Labute approximate surface area is 122 Å². The second-order valence-corrected chi connectivity index (χ2v) is 5.05. The highest BCUT2D eigenvalue weighted by atomic mass is 19.1. The number of ether oxygens (including phenoxy) is 1. The highest BCUT2D eigenvalue weighted by Gasteiger charge is 2.41. The van der Waals surface area contributed by atoms with E-state index in [1.807, 2.05) is 0 Å². The van der Waals surface area contributed by atoms with Crippen LogP contribution >= 0.6 is 0 Å². The number of carbonyl (C=O) groups excluding carboxylic acids is 1. The number of esters is 1. The van der Waals surface area contributed by atoms with Gasteiger partial charge in [0.25, 0.3) is 0 Å². The molecule has 118 valence electrons. The summed E-state index contributed by atoms with van der Waals surface area (Å²) < 4.78 is 31.9. The summed E-state index contributed by atoms with van der Waals surface area (Å²) in [4.78, 5) is 12.3. The molecule has 0 aromatic heterocycles. The van der Waals surface area contributed by atoms with E-state index in [0.717, 1.165) is 18.2 Å². The maximum Gasteiger partial charge on any atom is 0.317 e. The lowest BCUT2D eigenvalue weighted by atomic mass is 9.76. The van der Waals surface area contributed by atoms with Gasteiger partial charge in [-0.3, -0.25) is 4.79 Å². The van der Waals surface area contributed by atoms with Crippen LogP contribution in [0.3, 0.4) is 0 Å². The lowest BCUT2D eigenvalue weighted by Gasteiger charge is -2.31. The number of hydrogen-bond donors (Lipinski definition) is 2. The van der Waals surface area contributed by atoms with Gasteiger partial charge in [-0.15, -0.1) is 0 Å². The van der Waals surface area contributed by atoms with Crippen LogP contribution in [0, 0.1) is 11.6 Å². The van der Waals surface area contributed by atoms with Gasteiger partial charge in [-0.05, 0) is 44.4 Å². The Hall–Kier alpha value is -1.53. The maximum absolute atomic E-state index is 13.5. The summed E-state index contributed by atoms with van der Waals surface area (Å²) in [6.45, 7) is 3.17. The van der Waals surface area contributed by atoms with Crippen LogP contribution in [0.2, 0.25) is 0 Å². The van der Waals surface area contributed by atoms with Gasteiger partial charge in [-0.1, -0.05) is 0 Å². The first-order valence-electron chi connectivity index (χ1n) is 6.87. The molecule has 0 aliphatic rings. The molecule has 6 heteroatoms. The molecule has 0 spiro atoms. The average molecular weight is 301 g/mol. The monoisotopic (exact) mass is 301 g/mol. The maximum atomic E-state index is 13.5. The first-order valence-corrected chi connectivity index (χ1v) is 6.87. The first-order chi connectivity index (χ1) is 9.85. The van der Waals surface area contributed by atoms with Crippen LogP contribution in [-0.2, 0) is 14.9 Å². The number of rotatable bonds is 7. The Bertz CT molecular complexity index is 474. The summed E-state index contributed by atoms with van der Waals surface area (Å²) in [6, 6.07) is 2.88. The average Bonchev–Trinajstić information content (AvgIpc) is 2.39. The Morgan fingerprint density at radius 1 is 1.38 bits per heavy atom. The number of hydrogen-bond acceptors (Lipinski definition) is 4. The number of halogens is 2. The zero-order valence-electron chi connectivity index (χ0n) is 12.2. The third-order valence-electron chi connectivity index (χ3n) is 3.42. The van der Waals surface area contributed by atoms with Crippen molar-refractivity contribution in [3.05, 3.63) is 35.4 Å². The largest absolute Gasteiger partial charge is 0.465 e. The molecule has 0 bridgehead atoms. The fourth-order valence-electron chi connectivity index (χ4n) is 2.22. The highest BCUT2D eigenvalue weighted by molar-refractivity contribution is 5.83. The van der Waals surface area contributed by atoms with E-state index < -0.39 is 29.1 Å². The van der Waals surface area contributed by atoms with E-state index in [0.29, 0.717) is 0 Å². The van der Waals surface area contributed by atoms with Crippen LogP contribution in [0.1, 0.15) is 32.3 Å². The van der Waals surface area contributed by atoms with Crippen molar-refractivity contribution < 1.29 is 23.4 Å². The van der Waals surface area contributed by atoms with Gasteiger partial charge in [-0.25, -0.2) is 8.78 Å². The number of carbonyl (C=O) groups is 1. The summed E-state index contributed by atoms with van der Waals surface area (Å²) in [5, 5.41) is 9.44. The van der Waals surface area contributed by atoms with Crippen LogP contribution in [-0.4, -0.2) is 30.3 Å². The predicted molar refractivity (Wildman–Crippen MR) is 74.6 cm³/mol. The van der Waals surface area contributed by atoms with Crippen molar-refractivity contribution in [3.8, 4) is 0 Å². The number of aliphatic hydroxyl groups excluding tert-OH is 1. The van der Waals surface area contributed by atoms with Crippen molar-refractivity contribution in [1.82, 2.24) is 0 Å². The molecule has 2 atom stereocenters. The van der Waals surface area contributed by atoms with Crippen molar-refractivity contribution in [2.45, 2.75) is 38.2 Å². The lowest BCUT2D eigenvalue weighted by molar-refractivity contribution is -0.150. The molecular weight excluding hydrogens is 280 g/mol. The smallest absolute Gasteiger partial charge is 0.317 e. The normalized spacial score (nSPS) is 15.3. The van der Waals surface area contributed by atoms with Gasteiger partial charge in [0.2, 0.25) is 0 Å². The Morgan fingerprint density at radius 3 is 2.38 bits per heavy atom. The fourth-order valence-corrected chi connectivity index (χ4v) is 2.22. The molecule has 0 saturated carbocycles. The fraction of sp³-hybridized carbons (Fsp3) is 0.533. The SMILES string of the molecule is CCOC(=O)C(CN)(CCC(C)O)c1cc(F)cc(F)c1. The molecule has 1 aromatic carbocycles. The van der Waals surface area contributed by atoms with E-state index in [-0.39, 0.29) is 31.6 Å². The lowest BCUT2D eigenvalue weighted by Crippen LogP contribution is -2.45. The third-order valence-corrected chi connectivity index (χ3v) is 3.42. The molecule has 0 saturated heterocycles. The minimum Gasteiger partial charge on any atom is -0.465 e. The molecule has 3 N–H and O–H groups in total. The molecule has 0 radical (unpaired) electrons. The molecule has 0 amide bonds. The van der Waals surface area contributed by atoms with Crippen LogP contribution < -0.4 is 5.73 Å². The zero-order chi connectivity index (χ0) is 16.0. The van der Waals surface area contributed by atoms with Gasteiger partial charge >= 0.3 is 5.97 Å². The van der Waals surface area contributed by atoms with Gasteiger partial charge in [0.1, 0.15) is 17.0 Å². The molecule has 2 unspecified atom stereocenters. The molecule has 1 rings (SSSR count). The van der Waals surface area contributed by atoms with Crippen molar-refractivity contribution >= 4 is 5.97 Å². The molecule has 1 aromatic rings. The molecular formula is C15H21F2NO3. The molecule has 0 heterocycles. The van der Waals surface area contributed by atoms with E-state index in [4.69, 9.17) is 10.5 Å². The number of aliphatic hydroxyl groups is 1. The molecule has 0 fully saturated rings. The molecule has 21 heavy (non-hydrogen) atoms. The Balaban J connectivity index is 3.29. The van der Waals surface area contributed by atoms with E-state index in [1.54, 1.807) is 13.8 Å². The van der Waals surface area contributed by atoms with E-state index in [1.165, 1.54) is 0 Å². The van der Waals surface area contributed by atoms with Crippen LogP contribution in [0.5, 0.6) is 0 Å². The van der Waals surface area contributed by atoms with Gasteiger partial charge in [0, 0.05) is 12.6 Å². The first kappa shape index (κ1) is 17.5. The van der Waals surface area contributed by atoms with Crippen LogP contribution in [0.15, 0.2) is 18.2 Å². The topological polar surface area (TPSA) is 72.5 Å². The summed E-state index contributed by atoms with van der Waals surface area (Å²) in [6.07, 6.45) is -0.263. The second kappa shape index (κ2) is 7.47. The van der Waals surface area contributed by atoms with E-state index in [9.17, 15) is 18.7 Å². The van der Waals surface area contributed by atoms with Gasteiger partial charge in [-0.2, -0.15) is 0 Å². The number of nitrogens with two attached hydrogens (primary N) is 1. The Morgan fingerprint density at radius 2 is 1.95 bits per heavy atom. The minimum atomic E-state index is -1.37. The van der Waals surface area contributed by atoms with Gasteiger partial charge in [0.05, 0.1) is 12.7 Å². The quantitative estimate of drug-likeness (QED) is 0.754. The third kappa shape index (κ3) is 4.22. The van der Waals surface area contributed by atoms with Crippen molar-refractivity contribution in [1.29, 1.82) is 0 Å². The summed E-state index contributed by atoms with van der Waals surface area (Å²) in [5.41, 5.74) is 4.49.